The number of nitrogens with two attached hydrogens (primary N) is 1. The maximum Gasteiger partial charge on any atom is 0.136 e. The Morgan fingerprint density at radius 1 is 1.15 bits per heavy atom. The molecule has 1 aliphatic rings. The molecule has 104 valence electrons. The highest BCUT2D eigenvalue weighted by molar-refractivity contribution is 5.60. The summed E-state index contributed by atoms with van der Waals surface area (Å²) in [6.45, 7) is 4.78. The van der Waals surface area contributed by atoms with Gasteiger partial charge in [-0.25, -0.2) is 9.97 Å². The average molecular weight is 267 g/mol. The molecule has 3 nitrogen and oxygen atoms in total. The molecule has 1 saturated carbocycles. The summed E-state index contributed by atoms with van der Waals surface area (Å²) in [5.41, 5.74) is 10.4. The summed E-state index contributed by atoms with van der Waals surface area (Å²) in [5.74, 6) is 0.933. The smallest absolute Gasteiger partial charge is 0.136 e. The zero-order valence-corrected chi connectivity index (χ0v) is 12.2. The second-order valence-corrected chi connectivity index (χ2v) is 5.93. The van der Waals surface area contributed by atoms with E-state index in [1.54, 1.807) is 0 Å². The third-order valence-corrected chi connectivity index (χ3v) is 4.34. The van der Waals surface area contributed by atoms with Crippen molar-refractivity contribution in [3.05, 3.63) is 47.4 Å². The number of nitrogens with zero attached hydrogens (tertiary/aromatic N) is 2. The van der Waals surface area contributed by atoms with Crippen molar-refractivity contribution in [1.29, 1.82) is 0 Å². The lowest BCUT2D eigenvalue weighted by molar-refractivity contribution is 0.238. The number of benzene rings is 1. The molecule has 3 rings (SSSR count). The summed E-state index contributed by atoms with van der Waals surface area (Å²) in [6.07, 6.45) is 3.45. The molecule has 0 bridgehead atoms. The highest BCUT2D eigenvalue weighted by atomic mass is 14.9. The molecule has 1 heterocycles. The maximum absolute atomic E-state index is 5.98. The lowest BCUT2D eigenvalue weighted by atomic mass is 9.68. The van der Waals surface area contributed by atoms with Crippen molar-refractivity contribution in [2.75, 3.05) is 6.54 Å². The molecule has 20 heavy (non-hydrogen) atoms. The van der Waals surface area contributed by atoms with Gasteiger partial charge in [0.2, 0.25) is 0 Å². The predicted octanol–water partition coefficient (Wildman–Crippen LogP) is 3.14. The van der Waals surface area contributed by atoms with Crippen molar-refractivity contribution in [2.45, 2.75) is 38.5 Å². The van der Waals surface area contributed by atoms with Crippen LogP contribution in [0, 0.1) is 13.8 Å². The van der Waals surface area contributed by atoms with Crippen LogP contribution in [-0.4, -0.2) is 16.5 Å². The van der Waals surface area contributed by atoms with Gasteiger partial charge in [0, 0.05) is 23.2 Å². The van der Waals surface area contributed by atoms with E-state index in [2.05, 4.69) is 42.2 Å². The van der Waals surface area contributed by atoms with E-state index in [0.29, 0.717) is 6.54 Å². The van der Waals surface area contributed by atoms with E-state index < -0.39 is 0 Å². The maximum atomic E-state index is 5.98. The van der Waals surface area contributed by atoms with Gasteiger partial charge in [-0.2, -0.15) is 0 Å². The molecule has 1 aromatic heterocycles. The van der Waals surface area contributed by atoms with Gasteiger partial charge < -0.3 is 5.73 Å². The fourth-order valence-electron chi connectivity index (χ4n) is 2.88. The molecule has 0 aliphatic heterocycles. The van der Waals surface area contributed by atoms with Crippen LogP contribution >= 0.6 is 0 Å². The predicted molar refractivity (Wildman–Crippen MR) is 81.5 cm³/mol. The Hall–Kier alpha value is -1.74. The van der Waals surface area contributed by atoms with Gasteiger partial charge in [0.05, 0.1) is 5.69 Å². The van der Waals surface area contributed by atoms with Gasteiger partial charge in [-0.15, -0.1) is 0 Å². The SMILES string of the molecule is Cc1cccc(-c2cc(C)nc(C3(CN)CCC3)n2)c1. The Morgan fingerprint density at radius 3 is 2.55 bits per heavy atom. The molecule has 1 aromatic carbocycles. The van der Waals surface area contributed by atoms with Crippen molar-refractivity contribution in [3.8, 4) is 11.3 Å². The van der Waals surface area contributed by atoms with E-state index in [1.807, 2.05) is 6.92 Å². The minimum Gasteiger partial charge on any atom is -0.329 e. The second-order valence-electron chi connectivity index (χ2n) is 5.93. The molecule has 0 saturated heterocycles. The summed E-state index contributed by atoms with van der Waals surface area (Å²) in [6, 6.07) is 10.5. The highest BCUT2D eigenvalue weighted by Gasteiger charge is 2.40. The minimum absolute atomic E-state index is 0.0184. The topological polar surface area (TPSA) is 51.8 Å². The van der Waals surface area contributed by atoms with Crippen LogP contribution in [0.25, 0.3) is 11.3 Å². The summed E-state index contributed by atoms with van der Waals surface area (Å²) >= 11 is 0. The molecule has 2 N–H and O–H groups in total. The number of aryl methyl sites for hydroxylation is 2. The van der Waals surface area contributed by atoms with Crippen LogP contribution in [0.1, 0.15) is 36.3 Å². The molecule has 0 unspecified atom stereocenters. The zero-order valence-electron chi connectivity index (χ0n) is 12.2. The van der Waals surface area contributed by atoms with Gasteiger partial charge in [0.25, 0.3) is 0 Å². The van der Waals surface area contributed by atoms with Gasteiger partial charge in [0.1, 0.15) is 5.82 Å². The summed E-state index contributed by atoms with van der Waals surface area (Å²) in [7, 11) is 0. The van der Waals surface area contributed by atoms with Crippen LogP contribution in [0.4, 0.5) is 0 Å². The van der Waals surface area contributed by atoms with Crippen LogP contribution in [0.2, 0.25) is 0 Å². The van der Waals surface area contributed by atoms with E-state index >= 15 is 0 Å². The summed E-state index contributed by atoms with van der Waals surface area (Å²) in [4.78, 5) is 9.47. The van der Waals surface area contributed by atoms with Crippen LogP contribution in [0.5, 0.6) is 0 Å². The lowest BCUT2D eigenvalue weighted by Gasteiger charge is -2.39. The van der Waals surface area contributed by atoms with E-state index in [9.17, 15) is 0 Å². The number of hydrogen-bond acceptors (Lipinski definition) is 3. The van der Waals surface area contributed by atoms with E-state index in [-0.39, 0.29) is 5.41 Å². The first kappa shape index (κ1) is 13.3. The molecule has 0 atom stereocenters. The van der Waals surface area contributed by atoms with Crippen LogP contribution in [0.3, 0.4) is 0 Å². The van der Waals surface area contributed by atoms with E-state index in [1.165, 1.54) is 12.0 Å². The van der Waals surface area contributed by atoms with Gasteiger partial charge in [-0.3, -0.25) is 0 Å². The van der Waals surface area contributed by atoms with Gasteiger partial charge in [0.15, 0.2) is 0 Å². The van der Waals surface area contributed by atoms with Crippen LogP contribution < -0.4 is 5.73 Å². The van der Waals surface area contributed by atoms with E-state index in [0.717, 1.165) is 35.6 Å². The Labute approximate surface area is 120 Å². The third-order valence-electron chi connectivity index (χ3n) is 4.34. The standard InChI is InChI=1S/C17H21N3/c1-12-5-3-6-14(9-12)15-10-13(2)19-16(20-15)17(11-18)7-4-8-17/h3,5-6,9-10H,4,7-8,11,18H2,1-2H3. The monoisotopic (exact) mass is 267 g/mol. The summed E-state index contributed by atoms with van der Waals surface area (Å²) in [5, 5.41) is 0. The fraction of sp³-hybridized carbons (Fsp3) is 0.412. The highest BCUT2D eigenvalue weighted by Crippen LogP contribution is 2.41. The van der Waals surface area contributed by atoms with Gasteiger partial charge in [-0.1, -0.05) is 30.2 Å². The number of hydrogen-bond donors (Lipinski definition) is 1. The normalized spacial score (nSPS) is 16.8. The Kier molecular flexibility index (Phi) is 3.30. The van der Waals surface area contributed by atoms with Crippen LogP contribution in [0.15, 0.2) is 30.3 Å². The molecule has 0 radical (unpaired) electrons. The fourth-order valence-corrected chi connectivity index (χ4v) is 2.88. The Morgan fingerprint density at radius 2 is 1.95 bits per heavy atom. The van der Waals surface area contributed by atoms with Crippen molar-refractivity contribution in [3.63, 3.8) is 0 Å². The van der Waals surface area contributed by atoms with E-state index in [4.69, 9.17) is 10.7 Å². The Balaban J connectivity index is 2.07. The lowest BCUT2D eigenvalue weighted by Crippen LogP contribution is -2.43. The van der Waals surface area contributed by atoms with Gasteiger partial charge in [-0.05, 0) is 38.8 Å². The average Bonchev–Trinajstić information content (AvgIpc) is 2.37. The molecule has 1 fully saturated rings. The first-order valence-electron chi connectivity index (χ1n) is 7.26. The quantitative estimate of drug-likeness (QED) is 0.929. The van der Waals surface area contributed by atoms with Gasteiger partial charge >= 0.3 is 0 Å². The molecule has 0 amide bonds. The first-order valence-corrected chi connectivity index (χ1v) is 7.26. The summed E-state index contributed by atoms with van der Waals surface area (Å²) < 4.78 is 0. The second kappa shape index (κ2) is 4.98. The number of aromatic nitrogens is 2. The molecule has 2 aromatic rings. The number of rotatable bonds is 3. The van der Waals surface area contributed by atoms with Crippen molar-refractivity contribution in [2.24, 2.45) is 5.73 Å². The molecule has 1 aliphatic carbocycles. The molecular weight excluding hydrogens is 246 g/mol. The van der Waals surface area contributed by atoms with Crippen molar-refractivity contribution >= 4 is 0 Å². The first-order chi connectivity index (χ1) is 9.63. The van der Waals surface area contributed by atoms with Crippen molar-refractivity contribution < 1.29 is 0 Å². The molecular formula is C17H21N3. The third kappa shape index (κ3) is 2.22. The zero-order chi connectivity index (χ0) is 14.2. The Bertz CT molecular complexity index is 624. The van der Waals surface area contributed by atoms with Crippen LogP contribution in [-0.2, 0) is 5.41 Å². The van der Waals surface area contributed by atoms with Crippen molar-refractivity contribution in [1.82, 2.24) is 9.97 Å². The molecule has 3 heteroatoms. The largest absolute Gasteiger partial charge is 0.329 e. The molecule has 0 spiro atoms. The minimum atomic E-state index is 0.0184.